The van der Waals surface area contributed by atoms with Crippen LogP contribution in [0.1, 0.15) is 24.2 Å². The molecule has 1 aromatic rings. The molecule has 0 saturated heterocycles. The third kappa shape index (κ3) is 5.30. The first-order chi connectivity index (χ1) is 9.06. The minimum atomic E-state index is -0.00454. The quantitative estimate of drug-likeness (QED) is 0.781. The lowest BCUT2D eigenvalue weighted by Crippen LogP contribution is -2.39. The van der Waals surface area contributed by atoms with E-state index in [1.54, 1.807) is 17.0 Å². The van der Waals surface area contributed by atoms with E-state index in [2.05, 4.69) is 15.9 Å². The summed E-state index contributed by atoms with van der Waals surface area (Å²) >= 11 is 3.35. The molecule has 1 amide bonds. The van der Waals surface area contributed by atoms with Crippen molar-refractivity contribution < 1.29 is 14.6 Å². The van der Waals surface area contributed by atoms with E-state index in [9.17, 15) is 4.79 Å². The molecule has 0 atom stereocenters. The number of benzene rings is 1. The Morgan fingerprint density at radius 1 is 1.32 bits per heavy atom. The molecule has 4 nitrogen and oxygen atoms in total. The van der Waals surface area contributed by atoms with Crippen LogP contribution in [0, 0.1) is 0 Å². The number of halogens is 1. The summed E-state index contributed by atoms with van der Waals surface area (Å²) in [5.74, 6) is -0.00454. The van der Waals surface area contributed by atoms with Gasteiger partial charge >= 0.3 is 0 Å². The number of aliphatic hydroxyl groups is 1. The molecule has 1 rings (SSSR count). The topological polar surface area (TPSA) is 49.8 Å². The van der Waals surface area contributed by atoms with Crippen molar-refractivity contribution in [2.24, 2.45) is 0 Å². The van der Waals surface area contributed by atoms with Crippen LogP contribution < -0.4 is 0 Å². The first-order valence-corrected chi connectivity index (χ1v) is 7.10. The zero-order valence-corrected chi connectivity index (χ0v) is 12.9. The molecule has 0 bridgehead atoms. The number of amides is 1. The maximum atomic E-state index is 12.4. The number of hydrogen-bond acceptors (Lipinski definition) is 3. The normalized spacial score (nSPS) is 10.8. The molecule has 0 unspecified atom stereocenters. The molecule has 0 aliphatic rings. The predicted octanol–water partition coefficient (Wildman–Crippen LogP) is 2.31. The van der Waals surface area contributed by atoms with Crippen molar-refractivity contribution in [3.8, 4) is 0 Å². The lowest BCUT2D eigenvalue weighted by molar-refractivity contribution is 0.0507. The average molecular weight is 330 g/mol. The highest BCUT2D eigenvalue weighted by molar-refractivity contribution is 9.10. The first-order valence-electron chi connectivity index (χ1n) is 6.31. The second-order valence-corrected chi connectivity index (χ2v) is 5.35. The van der Waals surface area contributed by atoms with Gasteiger partial charge in [0.25, 0.3) is 5.91 Å². The van der Waals surface area contributed by atoms with Gasteiger partial charge in [-0.05, 0) is 38.1 Å². The molecule has 106 valence electrons. The third-order valence-electron chi connectivity index (χ3n) is 2.69. The number of carbonyl (C=O) groups excluding carboxylic acids is 1. The van der Waals surface area contributed by atoms with Gasteiger partial charge in [-0.15, -0.1) is 0 Å². The van der Waals surface area contributed by atoms with Crippen LogP contribution >= 0.6 is 15.9 Å². The van der Waals surface area contributed by atoms with Crippen molar-refractivity contribution in [1.29, 1.82) is 0 Å². The van der Waals surface area contributed by atoms with Crippen molar-refractivity contribution in [3.63, 3.8) is 0 Å². The second kappa shape index (κ2) is 8.30. The summed E-state index contributed by atoms with van der Waals surface area (Å²) in [4.78, 5) is 14.1. The maximum Gasteiger partial charge on any atom is 0.254 e. The van der Waals surface area contributed by atoms with Crippen LogP contribution in [-0.4, -0.2) is 48.3 Å². The fourth-order valence-corrected chi connectivity index (χ4v) is 1.95. The van der Waals surface area contributed by atoms with Crippen LogP contribution in [-0.2, 0) is 4.74 Å². The van der Waals surface area contributed by atoms with Gasteiger partial charge in [-0.1, -0.05) is 15.9 Å². The lowest BCUT2D eigenvalue weighted by Gasteiger charge is -2.26. The zero-order chi connectivity index (χ0) is 14.3. The maximum absolute atomic E-state index is 12.4. The fraction of sp³-hybridized carbons (Fsp3) is 0.500. The summed E-state index contributed by atoms with van der Waals surface area (Å²) in [6.45, 7) is 5.21. The van der Waals surface area contributed by atoms with Gasteiger partial charge in [0.2, 0.25) is 0 Å². The van der Waals surface area contributed by atoms with Crippen molar-refractivity contribution in [1.82, 2.24) is 4.90 Å². The van der Waals surface area contributed by atoms with Gasteiger partial charge in [0.15, 0.2) is 0 Å². The van der Waals surface area contributed by atoms with Crippen LogP contribution in [0.5, 0.6) is 0 Å². The fourth-order valence-electron chi connectivity index (χ4n) is 1.68. The van der Waals surface area contributed by atoms with Crippen LogP contribution in [0.3, 0.4) is 0 Å². The van der Waals surface area contributed by atoms with Gasteiger partial charge in [0.1, 0.15) is 0 Å². The van der Waals surface area contributed by atoms with Crippen molar-refractivity contribution in [2.45, 2.75) is 19.9 Å². The Morgan fingerprint density at radius 2 is 1.95 bits per heavy atom. The number of nitrogens with zero attached hydrogens (tertiary/aromatic N) is 1. The van der Waals surface area contributed by atoms with Gasteiger partial charge < -0.3 is 14.7 Å². The number of rotatable bonds is 7. The number of carbonyl (C=O) groups is 1. The summed E-state index contributed by atoms with van der Waals surface area (Å²) in [6.07, 6.45) is 0. The summed E-state index contributed by atoms with van der Waals surface area (Å²) in [7, 11) is 0. The van der Waals surface area contributed by atoms with Crippen molar-refractivity contribution in [3.05, 3.63) is 34.3 Å². The zero-order valence-electron chi connectivity index (χ0n) is 11.3. The molecule has 0 aromatic heterocycles. The van der Waals surface area contributed by atoms with E-state index in [-0.39, 0.29) is 18.6 Å². The average Bonchev–Trinajstić information content (AvgIpc) is 2.38. The van der Waals surface area contributed by atoms with Crippen LogP contribution in [0.15, 0.2) is 28.7 Å². The molecule has 0 heterocycles. The van der Waals surface area contributed by atoms with Crippen molar-refractivity contribution >= 4 is 21.8 Å². The van der Waals surface area contributed by atoms with E-state index in [0.717, 1.165) is 4.47 Å². The minimum absolute atomic E-state index is 0.00232. The molecule has 0 aliphatic heterocycles. The van der Waals surface area contributed by atoms with Crippen LogP contribution in [0.25, 0.3) is 0 Å². The Balaban J connectivity index is 2.64. The molecule has 1 aromatic carbocycles. The summed E-state index contributed by atoms with van der Waals surface area (Å²) in [5.41, 5.74) is 0.666. The van der Waals surface area contributed by atoms with E-state index in [1.165, 1.54) is 0 Å². The Kier molecular flexibility index (Phi) is 7.05. The van der Waals surface area contributed by atoms with E-state index < -0.39 is 0 Å². The summed E-state index contributed by atoms with van der Waals surface area (Å²) in [6, 6.07) is 7.42. The van der Waals surface area contributed by atoms with Crippen LogP contribution in [0.4, 0.5) is 0 Å². The predicted molar refractivity (Wildman–Crippen MR) is 78.2 cm³/mol. The second-order valence-electron chi connectivity index (χ2n) is 4.44. The third-order valence-corrected chi connectivity index (χ3v) is 3.22. The van der Waals surface area contributed by atoms with Gasteiger partial charge in [0.05, 0.1) is 19.8 Å². The van der Waals surface area contributed by atoms with E-state index >= 15 is 0 Å². The Labute approximate surface area is 122 Å². The molecule has 0 spiro atoms. The summed E-state index contributed by atoms with van der Waals surface area (Å²) < 4.78 is 6.17. The van der Waals surface area contributed by atoms with Crippen LogP contribution in [0.2, 0.25) is 0 Å². The van der Waals surface area contributed by atoms with E-state index in [4.69, 9.17) is 9.84 Å². The molecule has 19 heavy (non-hydrogen) atoms. The van der Waals surface area contributed by atoms with Gasteiger partial charge in [-0.25, -0.2) is 0 Å². The molecule has 5 heteroatoms. The van der Waals surface area contributed by atoms with Gasteiger partial charge in [-0.3, -0.25) is 4.79 Å². The number of hydrogen-bond donors (Lipinski definition) is 1. The molecule has 0 saturated carbocycles. The van der Waals surface area contributed by atoms with E-state index in [0.29, 0.717) is 25.3 Å². The monoisotopic (exact) mass is 329 g/mol. The highest BCUT2D eigenvalue weighted by atomic mass is 79.9. The van der Waals surface area contributed by atoms with E-state index in [1.807, 2.05) is 26.0 Å². The number of aliphatic hydroxyl groups excluding tert-OH is 1. The summed E-state index contributed by atoms with van der Waals surface area (Å²) in [5, 5.41) is 8.64. The molecular weight excluding hydrogens is 310 g/mol. The molecule has 1 N–H and O–H groups in total. The molecule has 0 fully saturated rings. The highest BCUT2D eigenvalue weighted by Gasteiger charge is 2.18. The van der Waals surface area contributed by atoms with Gasteiger partial charge in [0, 0.05) is 22.6 Å². The molecule has 0 aliphatic carbocycles. The largest absolute Gasteiger partial charge is 0.394 e. The van der Waals surface area contributed by atoms with Crippen molar-refractivity contribution in [2.75, 3.05) is 26.4 Å². The van der Waals surface area contributed by atoms with Gasteiger partial charge in [-0.2, -0.15) is 0 Å². The first kappa shape index (κ1) is 16.1. The molecule has 0 radical (unpaired) electrons. The Bertz CT molecular complexity index is 392. The lowest BCUT2D eigenvalue weighted by atomic mass is 10.1. The standard InChI is InChI=1S/C14H20BrNO3/c1-11(2)16(7-9-19-10-8-17)14(18)12-3-5-13(15)6-4-12/h3-6,11,17H,7-10H2,1-2H3. The number of ether oxygens (including phenoxy) is 1. The highest BCUT2D eigenvalue weighted by Crippen LogP contribution is 2.13. The SMILES string of the molecule is CC(C)N(CCOCCO)C(=O)c1ccc(Br)cc1. The minimum Gasteiger partial charge on any atom is -0.394 e. The molecular formula is C14H20BrNO3. The Hall–Kier alpha value is -0.910. The smallest absolute Gasteiger partial charge is 0.254 e. The Morgan fingerprint density at radius 3 is 2.47 bits per heavy atom.